The van der Waals surface area contributed by atoms with Crippen LogP contribution < -0.4 is 51.3 Å². The van der Waals surface area contributed by atoms with Gasteiger partial charge in [0.2, 0.25) is 29.5 Å². The fourth-order valence-electron chi connectivity index (χ4n) is 14.9. The minimum Gasteiger partial charge on any atom is -0.508 e. The maximum atomic E-state index is 12.6. The zero-order chi connectivity index (χ0) is 87.5. The number of guanidine groups is 2. The van der Waals surface area contributed by atoms with Gasteiger partial charge in [-0.2, -0.15) is 0 Å². The second kappa shape index (κ2) is 48.5. The molecule has 0 fully saturated rings. The Kier molecular flexibility index (Phi) is 38.0. The van der Waals surface area contributed by atoms with Crippen LogP contribution in [0.1, 0.15) is 113 Å². The van der Waals surface area contributed by atoms with Crippen molar-refractivity contribution in [3.05, 3.63) is 147 Å². The van der Waals surface area contributed by atoms with Crippen molar-refractivity contribution in [1.82, 2.24) is 51.1 Å². The van der Waals surface area contributed by atoms with Crippen molar-refractivity contribution in [1.29, 1.82) is 0 Å². The van der Waals surface area contributed by atoms with Crippen LogP contribution in [-0.2, 0) is 132 Å². The summed E-state index contributed by atoms with van der Waals surface area (Å²) in [5.41, 5.74) is 15.8. The average molecular weight is 1680 g/mol. The third kappa shape index (κ3) is 29.9. The van der Waals surface area contributed by atoms with E-state index in [0.717, 1.165) is 162 Å². The minimum absolute atomic E-state index is 0.0203. The summed E-state index contributed by atoms with van der Waals surface area (Å²) < 4.78 is 41.9. The number of fused-ring (bicyclic) bond motifs is 5. The average Bonchev–Trinajstić information content (AvgIpc) is 1.72. The van der Waals surface area contributed by atoms with Crippen LogP contribution in [0.3, 0.4) is 0 Å². The number of aliphatic imine (C=N–C) groups is 2. The van der Waals surface area contributed by atoms with E-state index in [1.165, 1.54) is 28.4 Å². The van der Waals surface area contributed by atoms with Gasteiger partial charge >= 0.3 is 29.8 Å². The number of carbonyl (C=O) groups is 10. The fourth-order valence-corrected chi connectivity index (χ4v) is 14.9. The lowest BCUT2D eigenvalue weighted by Crippen LogP contribution is -2.34. The standard InChI is InChI=1S/C20H28N4O4.C19H26N4O4.C18H26N2O4.C17H24N2O4.C14H17NO4/c1-24-13-16-11-17(28-9-3-6-21-20-22-7-8-23-20)5-4-14(16)10-15(19(24)26)12-18(25)27-2;1-23-12-15-10-16(27-8-2-5-20-19-21-6-7-22-19)4-3-13(15)9-14(18(23)26)11-17(24)25;1-19-7-4-8-24-16-6-5-13-9-14(11-17(21)23-3)18(22)20(2)12-15(13)10-16;1-19-11-14-9-15(23-7-3-6-18)5-4-12(14)8-13(17(19)21)10-16(20)22-2;1-15-8-11-6-12(16)4-3-9(11)5-10(14(15)18)7-13(17)19-2/h4-5,11,15H,3,6-10,12-13H2,1-2H3,(H2,21,22,23);3-4,10,14H,2,5-9,11-12H2,1H3,(H,24,25)(H2,20,21,22);5-6,10,14,19H,4,7-9,11-12H2,1-3H3;4-5,9,13H,3,6-8,10-11,18H2,1-2H3;3-4,6,10,16H,5,7-8H2,1-2H3. The maximum Gasteiger partial charge on any atom is 0.306 e. The van der Waals surface area contributed by atoms with Crippen LogP contribution in [0.2, 0.25) is 0 Å². The van der Waals surface area contributed by atoms with Gasteiger partial charge in [0.1, 0.15) is 28.7 Å². The molecule has 33 nitrogen and oxygen atoms in total. The Morgan fingerprint density at radius 3 is 0.942 bits per heavy atom. The molecule has 5 unspecified atom stereocenters. The number of nitrogens with one attached hydrogen (secondary N) is 5. The van der Waals surface area contributed by atoms with E-state index in [1.807, 2.05) is 79.8 Å². The third-order valence-corrected chi connectivity index (χ3v) is 21.5. The third-order valence-electron chi connectivity index (χ3n) is 21.5. The van der Waals surface area contributed by atoms with Gasteiger partial charge in [0.15, 0.2) is 11.9 Å². The molecule has 0 aliphatic carbocycles. The normalized spacial score (nSPS) is 18.2. The summed E-state index contributed by atoms with van der Waals surface area (Å²) in [6.07, 6.45) is 6.26. The molecule has 5 aromatic carbocycles. The molecule has 658 valence electrons. The molecular weight excluding hydrogens is 1560 g/mol. The Labute approximate surface area is 708 Å². The highest BCUT2D eigenvalue weighted by atomic mass is 16.5. The number of carboxylic acid groups (broad SMARTS) is 1. The molecule has 121 heavy (non-hydrogen) atoms. The lowest BCUT2D eigenvalue weighted by Gasteiger charge is -2.19. The second-order valence-corrected chi connectivity index (χ2v) is 30.7. The molecule has 9 N–H and O–H groups in total. The smallest absolute Gasteiger partial charge is 0.306 e. The molecular formula is C88H121N13O20. The van der Waals surface area contributed by atoms with E-state index >= 15 is 0 Å². The van der Waals surface area contributed by atoms with E-state index in [2.05, 4.69) is 41.3 Å². The summed E-state index contributed by atoms with van der Waals surface area (Å²) in [7, 11) is 16.0. The number of aliphatic carboxylic acids is 1. The van der Waals surface area contributed by atoms with Crippen LogP contribution in [0, 0.1) is 29.6 Å². The van der Waals surface area contributed by atoms with Crippen LogP contribution in [0.4, 0.5) is 0 Å². The number of phenols is 1. The van der Waals surface area contributed by atoms with Crippen LogP contribution >= 0.6 is 0 Å². The lowest BCUT2D eigenvalue weighted by molar-refractivity contribution is -0.146. The number of amides is 5. The van der Waals surface area contributed by atoms with Gasteiger partial charge in [-0.25, -0.2) is 0 Å². The molecule has 12 rings (SSSR count). The lowest BCUT2D eigenvalue weighted by atomic mass is 9.94. The number of carboxylic acids is 1. The zero-order valence-corrected chi connectivity index (χ0v) is 71.4. The summed E-state index contributed by atoms with van der Waals surface area (Å²) in [5.74, 6) is 0.344. The maximum absolute atomic E-state index is 12.6. The SMILES string of the molecule is CN1Cc2cc(OCCCNC3=NCCN3)ccc2CC(CC(=O)O)C1=O.CNCCCOc1ccc2c(c1)CN(C)C(=O)C(CC(=O)OC)C2.COC(=O)CC1Cc2ccc(O)cc2CN(C)C1=O.COC(=O)CC1Cc2ccc(OCCCN)cc2CN(C)C1=O.COC(=O)CC1Cc2ccc(OCCCNC3=NCCN3)cc2CN(C)C1=O. The number of nitrogens with two attached hydrogens (primary N) is 1. The highest BCUT2D eigenvalue weighted by molar-refractivity contribution is 5.88. The quantitative estimate of drug-likeness (QED) is 0.0180. The Balaban J connectivity index is 0.000000189. The number of hydrogen-bond donors (Lipinski definition) is 8. The molecule has 5 atom stereocenters. The summed E-state index contributed by atoms with van der Waals surface area (Å²) in [5, 5.41) is 34.4. The van der Waals surface area contributed by atoms with Crippen molar-refractivity contribution >= 4 is 71.3 Å². The van der Waals surface area contributed by atoms with Crippen LogP contribution in [-0.4, -0.2) is 256 Å². The summed E-state index contributed by atoms with van der Waals surface area (Å²) >= 11 is 0. The van der Waals surface area contributed by atoms with Gasteiger partial charge in [-0.1, -0.05) is 30.3 Å². The molecule has 0 aromatic heterocycles. The first-order chi connectivity index (χ1) is 58.2. The first-order valence-corrected chi connectivity index (χ1v) is 41.1. The van der Waals surface area contributed by atoms with E-state index in [9.17, 15) is 53.1 Å². The molecule has 0 saturated heterocycles. The van der Waals surface area contributed by atoms with Crippen molar-refractivity contribution in [3.63, 3.8) is 0 Å². The van der Waals surface area contributed by atoms with Crippen molar-refractivity contribution in [2.45, 2.75) is 123 Å². The number of benzene rings is 5. The Morgan fingerprint density at radius 2 is 0.678 bits per heavy atom. The number of phenolic OH excluding ortho intramolecular Hbond substituents is 1. The molecule has 0 radical (unpaired) electrons. The monoisotopic (exact) mass is 1680 g/mol. The number of aromatic hydroxyl groups is 1. The van der Waals surface area contributed by atoms with Gasteiger partial charge in [0.05, 0.1) is 130 Å². The molecule has 7 aliphatic heterocycles. The molecule has 5 amide bonds. The van der Waals surface area contributed by atoms with Gasteiger partial charge in [-0.3, -0.25) is 57.9 Å². The number of hydrogen-bond acceptors (Lipinski definition) is 27. The molecule has 5 aromatic rings. The van der Waals surface area contributed by atoms with Crippen molar-refractivity contribution < 1.29 is 96.1 Å². The van der Waals surface area contributed by atoms with E-state index in [-0.39, 0.29) is 109 Å². The highest BCUT2D eigenvalue weighted by Crippen LogP contribution is 2.34. The number of ether oxygens (including phenoxy) is 8. The first-order valence-electron chi connectivity index (χ1n) is 41.1. The summed E-state index contributed by atoms with van der Waals surface area (Å²) in [6, 6.07) is 28.6. The van der Waals surface area contributed by atoms with Crippen LogP contribution in [0.15, 0.2) is 101 Å². The predicted molar refractivity (Wildman–Crippen MR) is 451 cm³/mol. The number of esters is 4. The topological polar surface area (TPSA) is 412 Å². The van der Waals surface area contributed by atoms with E-state index in [4.69, 9.17) is 44.0 Å². The molecule has 33 heteroatoms. The van der Waals surface area contributed by atoms with Gasteiger partial charge < -0.3 is 105 Å². The van der Waals surface area contributed by atoms with Gasteiger partial charge in [0.25, 0.3) is 0 Å². The molecule has 0 saturated carbocycles. The number of nitrogens with zero attached hydrogens (tertiary/aromatic N) is 7. The van der Waals surface area contributed by atoms with Crippen molar-refractivity contribution in [2.75, 3.05) is 150 Å². The van der Waals surface area contributed by atoms with E-state index in [0.29, 0.717) is 97.8 Å². The molecule has 0 bridgehead atoms. The molecule has 7 heterocycles. The van der Waals surface area contributed by atoms with E-state index < -0.39 is 17.8 Å². The van der Waals surface area contributed by atoms with E-state index in [1.54, 1.807) is 77.9 Å². The predicted octanol–water partition coefficient (Wildman–Crippen LogP) is 4.87. The Morgan fingerprint density at radius 1 is 0.405 bits per heavy atom. The second-order valence-electron chi connectivity index (χ2n) is 30.7. The molecule has 7 aliphatic rings. The highest BCUT2D eigenvalue weighted by Gasteiger charge is 2.36. The van der Waals surface area contributed by atoms with Crippen molar-refractivity contribution in [2.24, 2.45) is 45.3 Å². The number of carbonyl (C=O) groups excluding carboxylic acids is 9. The zero-order valence-electron chi connectivity index (χ0n) is 71.4. The van der Waals surface area contributed by atoms with Crippen LogP contribution in [0.25, 0.3) is 0 Å². The van der Waals surface area contributed by atoms with Crippen LogP contribution in [0.5, 0.6) is 28.7 Å². The summed E-state index contributed by atoms with van der Waals surface area (Å²) in [6.45, 7) is 11.4. The molecule has 0 spiro atoms. The Bertz CT molecular complexity index is 4430. The van der Waals surface area contributed by atoms with Gasteiger partial charge in [-0.15, -0.1) is 0 Å². The Hall–Kier alpha value is -11.7. The number of methoxy groups -OCH3 is 4. The van der Waals surface area contributed by atoms with Gasteiger partial charge in [0, 0.05) is 94.1 Å². The fraction of sp³-hybridized carbons (Fsp3) is 0.523. The van der Waals surface area contributed by atoms with Gasteiger partial charge in [-0.05, 0) is 194 Å². The minimum atomic E-state index is -0.947. The van der Waals surface area contributed by atoms with Crippen molar-refractivity contribution in [3.8, 4) is 28.7 Å². The summed E-state index contributed by atoms with van der Waals surface area (Å²) in [4.78, 5) is 136. The largest absolute Gasteiger partial charge is 0.508 e. The number of rotatable bonds is 29. The first kappa shape index (κ1) is 94.7.